The zero-order valence-electron chi connectivity index (χ0n) is 9.01. The molecule has 6 nitrogen and oxygen atoms in total. The van der Waals surface area contributed by atoms with Crippen LogP contribution in [0.4, 0.5) is 0 Å². The van der Waals surface area contributed by atoms with E-state index in [2.05, 4.69) is 0 Å². The predicted octanol–water partition coefficient (Wildman–Crippen LogP) is -0.951. The Bertz CT molecular complexity index is 320. The van der Waals surface area contributed by atoms with E-state index in [1.807, 2.05) is 0 Å². The van der Waals surface area contributed by atoms with Crippen molar-refractivity contribution in [2.75, 3.05) is 19.7 Å². The summed E-state index contributed by atoms with van der Waals surface area (Å²) in [5.41, 5.74) is 5.18. The van der Waals surface area contributed by atoms with Crippen LogP contribution in [0.1, 0.15) is 6.92 Å². The molecule has 0 spiro atoms. The van der Waals surface area contributed by atoms with Gasteiger partial charge in [0.15, 0.2) is 0 Å². The molecule has 6 heteroatoms. The topological polar surface area (TPSA) is 89.7 Å². The number of carbonyl (C=O) groups excluding carboxylic acids is 3. The van der Waals surface area contributed by atoms with E-state index in [9.17, 15) is 14.4 Å². The van der Waals surface area contributed by atoms with Gasteiger partial charge in [-0.3, -0.25) is 19.3 Å². The van der Waals surface area contributed by atoms with Gasteiger partial charge in [-0.25, -0.2) is 0 Å². The Kier molecular flexibility index (Phi) is 4.19. The Morgan fingerprint density at radius 2 is 2.00 bits per heavy atom. The molecule has 0 aromatic heterocycles. The average Bonchev–Trinajstić information content (AvgIpc) is 2.57. The fourth-order valence-corrected chi connectivity index (χ4v) is 1.26. The number of imide groups is 1. The van der Waals surface area contributed by atoms with Crippen LogP contribution in [-0.2, 0) is 19.1 Å². The van der Waals surface area contributed by atoms with Crippen molar-refractivity contribution < 1.29 is 19.1 Å². The van der Waals surface area contributed by atoms with Gasteiger partial charge in [0.2, 0.25) is 0 Å². The van der Waals surface area contributed by atoms with Crippen LogP contribution < -0.4 is 5.73 Å². The molecule has 1 aliphatic heterocycles. The molecule has 16 heavy (non-hydrogen) atoms. The molecule has 0 aromatic carbocycles. The summed E-state index contributed by atoms with van der Waals surface area (Å²) < 4.78 is 4.80. The van der Waals surface area contributed by atoms with Crippen molar-refractivity contribution in [3.05, 3.63) is 12.2 Å². The van der Waals surface area contributed by atoms with Crippen molar-refractivity contribution in [3.63, 3.8) is 0 Å². The second kappa shape index (κ2) is 5.41. The van der Waals surface area contributed by atoms with Crippen LogP contribution in [0.2, 0.25) is 0 Å². The summed E-state index contributed by atoms with van der Waals surface area (Å²) in [5.74, 6) is -1.80. The standard InChI is InChI=1S/C10H14N2O4/c1-7(10(15)16-5-4-11)6-12-8(13)2-3-9(12)14/h2-3,7H,4-6,11H2,1H3. The fraction of sp³-hybridized carbons (Fsp3) is 0.500. The first-order valence-corrected chi connectivity index (χ1v) is 4.96. The zero-order valence-corrected chi connectivity index (χ0v) is 9.01. The maximum atomic E-state index is 11.4. The van der Waals surface area contributed by atoms with Gasteiger partial charge in [-0.15, -0.1) is 0 Å². The van der Waals surface area contributed by atoms with Crippen molar-refractivity contribution in [1.82, 2.24) is 4.90 Å². The molecule has 0 aliphatic carbocycles. The van der Waals surface area contributed by atoms with Crippen LogP contribution in [0.3, 0.4) is 0 Å². The van der Waals surface area contributed by atoms with Crippen molar-refractivity contribution >= 4 is 17.8 Å². The second-order valence-corrected chi connectivity index (χ2v) is 3.48. The zero-order chi connectivity index (χ0) is 12.1. The van der Waals surface area contributed by atoms with E-state index >= 15 is 0 Å². The number of carbonyl (C=O) groups is 3. The molecule has 0 saturated carbocycles. The molecular formula is C10H14N2O4. The first-order valence-electron chi connectivity index (χ1n) is 4.96. The Labute approximate surface area is 93.0 Å². The maximum absolute atomic E-state index is 11.4. The average molecular weight is 226 g/mol. The monoisotopic (exact) mass is 226 g/mol. The molecule has 1 aliphatic rings. The number of hydrogen-bond acceptors (Lipinski definition) is 5. The number of amides is 2. The summed E-state index contributed by atoms with van der Waals surface area (Å²) in [6.45, 7) is 2.02. The summed E-state index contributed by atoms with van der Waals surface area (Å²) >= 11 is 0. The molecule has 1 rings (SSSR count). The van der Waals surface area contributed by atoms with Crippen molar-refractivity contribution in [1.29, 1.82) is 0 Å². The van der Waals surface area contributed by atoms with Crippen LogP contribution in [0.15, 0.2) is 12.2 Å². The second-order valence-electron chi connectivity index (χ2n) is 3.48. The van der Waals surface area contributed by atoms with Gasteiger partial charge in [0.25, 0.3) is 11.8 Å². The number of rotatable bonds is 5. The quantitative estimate of drug-likeness (QED) is 0.482. The Morgan fingerprint density at radius 1 is 1.44 bits per heavy atom. The van der Waals surface area contributed by atoms with E-state index in [1.165, 1.54) is 12.2 Å². The van der Waals surface area contributed by atoms with Gasteiger partial charge < -0.3 is 10.5 Å². The summed E-state index contributed by atoms with van der Waals surface area (Å²) in [6, 6.07) is 0. The lowest BCUT2D eigenvalue weighted by atomic mass is 10.2. The van der Waals surface area contributed by atoms with Crippen molar-refractivity contribution in [2.24, 2.45) is 11.7 Å². The van der Waals surface area contributed by atoms with Gasteiger partial charge in [0.1, 0.15) is 6.61 Å². The lowest BCUT2D eigenvalue weighted by Crippen LogP contribution is -2.37. The molecule has 1 heterocycles. The third-order valence-electron chi connectivity index (χ3n) is 2.12. The molecule has 2 N–H and O–H groups in total. The van der Waals surface area contributed by atoms with Gasteiger partial charge in [0, 0.05) is 25.2 Å². The molecule has 1 unspecified atom stereocenters. The summed E-state index contributed by atoms with van der Waals surface area (Å²) in [6.07, 6.45) is 2.36. The summed E-state index contributed by atoms with van der Waals surface area (Å²) in [5, 5.41) is 0. The number of ether oxygens (including phenoxy) is 1. The summed E-state index contributed by atoms with van der Waals surface area (Å²) in [7, 11) is 0. The molecule has 2 amide bonds. The van der Waals surface area contributed by atoms with Crippen LogP contribution in [0.5, 0.6) is 0 Å². The molecule has 0 saturated heterocycles. The molecule has 0 fully saturated rings. The SMILES string of the molecule is CC(CN1C(=O)C=CC1=O)C(=O)OCCN. The highest BCUT2D eigenvalue weighted by Gasteiger charge is 2.27. The van der Waals surface area contributed by atoms with Crippen LogP contribution in [0, 0.1) is 5.92 Å². The van der Waals surface area contributed by atoms with Crippen molar-refractivity contribution in [3.8, 4) is 0 Å². The highest BCUT2D eigenvalue weighted by atomic mass is 16.5. The molecule has 0 radical (unpaired) electrons. The highest BCUT2D eigenvalue weighted by molar-refractivity contribution is 6.13. The lowest BCUT2D eigenvalue weighted by molar-refractivity contribution is -0.149. The van der Waals surface area contributed by atoms with Crippen LogP contribution in [0.25, 0.3) is 0 Å². The minimum absolute atomic E-state index is 0.0358. The van der Waals surface area contributed by atoms with Gasteiger partial charge in [-0.05, 0) is 0 Å². The third kappa shape index (κ3) is 2.90. The van der Waals surface area contributed by atoms with Crippen LogP contribution >= 0.6 is 0 Å². The van der Waals surface area contributed by atoms with E-state index in [-0.39, 0.29) is 19.7 Å². The minimum atomic E-state index is -0.542. The number of nitrogens with zero attached hydrogens (tertiary/aromatic N) is 1. The molecule has 1 atom stereocenters. The van der Waals surface area contributed by atoms with Gasteiger partial charge in [0.05, 0.1) is 5.92 Å². The highest BCUT2D eigenvalue weighted by Crippen LogP contribution is 2.08. The number of hydrogen-bond donors (Lipinski definition) is 1. The smallest absolute Gasteiger partial charge is 0.310 e. The van der Waals surface area contributed by atoms with Crippen LogP contribution in [-0.4, -0.2) is 42.4 Å². The van der Waals surface area contributed by atoms with Gasteiger partial charge >= 0.3 is 5.97 Å². The Balaban J connectivity index is 2.45. The minimum Gasteiger partial charge on any atom is -0.464 e. The van der Waals surface area contributed by atoms with Gasteiger partial charge in [-0.1, -0.05) is 6.92 Å². The normalized spacial score (nSPS) is 16.8. The molecule has 0 bridgehead atoms. The first-order chi connectivity index (χ1) is 7.56. The van der Waals surface area contributed by atoms with Gasteiger partial charge in [-0.2, -0.15) is 0 Å². The first kappa shape index (κ1) is 12.4. The van der Waals surface area contributed by atoms with Crippen molar-refractivity contribution in [2.45, 2.75) is 6.92 Å². The largest absolute Gasteiger partial charge is 0.464 e. The molecule has 0 aromatic rings. The third-order valence-corrected chi connectivity index (χ3v) is 2.12. The Hall–Kier alpha value is -1.69. The summed E-state index contributed by atoms with van der Waals surface area (Å²) in [4.78, 5) is 34.8. The van der Waals surface area contributed by atoms with E-state index in [4.69, 9.17) is 10.5 Å². The number of esters is 1. The molecular weight excluding hydrogens is 212 g/mol. The van der Waals surface area contributed by atoms with E-state index in [1.54, 1.807) is 6.92 Å². The van der Waals surface area contributed by atoms with E-state index < -0.39 is 23.7 Å². The number of nitrogens with two attached hydrogens (primary N) is 1. The van der Waals surface area contributed by atoms with E-state index in [0.29, 0.717) is 0 Å². The lowest BCUT2D eigenvalue weighted by Gasteiger charge is -2.18. The predicted molar refractivity (Wildman–Crippen MR) is 55.0 cm³/mol. The molecule has 88 valence electrons. The Morgan fingerprint density at radius 3 is 2.50 bits per heavy atom. The van der Waals surface area contributed by atoms with E-state index in [0.717, 1.165) is 4.90 Å². The fourth-order valence-electron chi connectivity index (χ4n) is 1.26. The maximum Gasteiger partial charge on any atom is 0.310 e.